The number of anilines is 1. The molecule has 4 nitrogen and oxygen atoms in total. The Balaban J connectivity index is 1.92. The molecular formula is C16H20N2O2. The first-order valence-electron chi connectivity index (χ1n) is 6.72. The van der Waals surface area contributed by atoms with Crippen LogP contribution in [0.1, 0.15) is 18.1 Å². The molecule has 106 valence electrons. The summed E-state index contributed by atoms with van der Waals surface area (Å²) in [7, 11) is 1.66. The molecular weight excluding hydrogens is 252 g/mol. The lowest BCUT2D eigenvalue weighted by molar-refractivity contribution is 0.107. The van der Waals surface area contributed by atoms with Crippen molar-refractivity contribution in [1.29, 1.82) is 0 Å². The molecule has 0 saturated carbocycles. The lowest BCUT2D eigenvalue weighted by atomic mass is 10.2. The standard InChI is InChI=1S/C16H20N2O2/c1-3-17-16-14(7-5-9-18-16)12-20-11-13-6-4-8-15(10-13)19-2/h4-10H,3,11-12H2,1-2H3,(H,17,18). The number of aromatic nitrogens is 1. The fourth-order valence-corrected chi connectivity index (χ4v) is 1.92. The Bertz CT molecular complexity index is 544. The molecule has 0 atom stereocenters. The number of rotatable bonds is 7. The van der Waals surface area contributed by atoms with Gasteiger partial charge in [-0.05, 0) is 30.7 Å². The summed E-state index contributed by atoms with van der Waals surface area (Å²) in [6, 6.07) is 11.8. The van der Waals surface area contributed by atoms with E-state index in [2.05, 4.69) is 17.2 Å². The molecule has 0 spiro atoms. The fraction of sp³-hybridized carbons (Fsp3) is 0.312. The van der Waals surface area contributed by atoms with E-state index in [1.807, 2.05) is 36.4 Å². The Morgan fingerprint density at radius 2 is 2.05 bits per heavy atom. The highest BCUT2D eigenvalue weighted by Crippen LogP contribution is 2.16. The number of nitrogens with zero attached hydrogens (tertiary/aromatic N) is 1. The van der Waals surface area contributed by atoms with Crippen molar-refractivity contribution in [2.24, 2.45) is 0 Å². The zero-order chi connectivity index (χ0) is 14.2. The zero-order valence-corrected chi connectivity index (χ0v) is 11.9. The van der Waals surface area contributed by atoms with E-state index in [4.69, 9.17) is 9.47 Å². The van der Waals surface area contributed by atoms with Crippen LogP contribution in [0, 0.1) is 0 Å². The minimum atomic E-state index is 0.535. The number of pyridine rings is 1. The van der Waals surface area contributed by atoms with Gasteiger partial charge in [0.25, 0.3) is 0 Å². The van der Waals surface area contributed by atoms with Crippen molar-refractivity contribution in [3.8, 4) is 5.75 Å². The normalized spacial score (nSPS) is 10.3. The Labute approximate surface area is 119 Å². The van der Waals surface area contributed by atoms with Crippen molar-refractivity contribution >= 4 is 5.82 Å². The minimum Gasteiger partial charge on any atom is -0.497 e. The van der Waals surface area contributed by atoms with Gasteiger partial charge in [0.1, 0.15) is 11.6 Å². The molecule has 0 unspecified atom stereocenters. The maximum atomic E-state index is 5.76. The summed E-state index contributed by atoms with van der Waals surface area (Å²) in [6.45, 7) is 3.99. The van der Waals surface area contributed by atoms with Gasteiger partial charge in [-0.2, -0.15) is 0 Å². The quantitative estimate of drug-likeness (QED) is 0.840. The van der Waals surface area contributed by atoms with Gasteiger partial charge in [0.2, 0.25) is 0 Å². The van der Waals surface area contributed by atoms with Crippen LogP contribution in [0.2, 0.25) is 0 Å². The smallest absolute Gasteiger partial charge is 0.131 e. The number of hydrogen-bond acceptors (Lipinski definition) is 4. The summed E-state index contributed by atoms with van der Waals surface area (Å²) in [5.41, 5.74) is 2.16. The summed E-state index contributed by atoms with van der Waals surface area (Å²) in [6.07, 6.45) is 1.78. The third kappa shape index (κ3) is 3.96. The van der Waals surface area contributed by atoms with Crippen molar-refractivity contribution in [3.05, 3.63) is 53.7 Å². The lowest BCUT2D eigenvalue weighted by Gasteiger charge is -2.10. The second-order valence-corrected chi connectivity index (χ2v) is 4.39. The maximum Gasteiger partial charge on any atom is 0.131 e. The highest BCUT2D eigenvalue weighted by molar-refractivity contribution is 5.43. The van der Waals surface area contributed by atoms with Crippen LogP contribution in [0.15, 0.2) is 42.6 Å². The molecule has 4 heteroatoms. The predicted molar refractivity (Wildman–Crippen MR) is 79.9 cm³/mol. The predicted octanol–water partition coefficient (Wildman–Crippen LogP) is 3.24. The van der Waals surface area contributed by atoms with Gasteiger partial charge in [-0.1, -0.05) is 18.2 Å². The topological polar surface area (TPSA) is 43.4 Å². The van der Waals surface area contributed by atoms with Crippen molar-refractivity contribution in [2.75, 3.05) is 19.0 Å². The van der Waals surface area contributed by atoms with Crippen LogP contribution in [-0.2, 0) is 18.0 Å². The molecule has 2 aromatic rings. The molecule has 0 saturated heterocycles. The largest absolute Gasteiger partial charge is 0.497 e. The van der Waals surface area contributed by atoms with Gasteiger partial charge in [0.05, 0.1) is 20.3 Å². The summed E-state index contributed by atoms with van der Waals surface area (Å²) >= 11 is 0. The first-order valence-corrected chi connectivity index (χ1v) is 6.72. The summed E-state index contributed by atoms with van der Waals surface area (Å²) < 4.78 is 11.0. The van der Waals surface area contributed by atoms with E-state index in [0.717, 1.165) is 29.2 Å². The molecule has 0 aliphatic heterocycles. The first-order chi connectivity index (χ1) is 9.83. The molecule has 0 aliphatic rings. The van der Waals surface area contributed by atoms with Gasteiger partial charge in [-0.25, -0.2) is 4.98 Å². The third-order valence-corrected chi connectivity index (χ3v) is 2.90. The van der Waals surface area contributed by atoms with Crippen LogP contribution in [0.4, 0.5) is 5.82 Å². The number of ether oxygens (including phenoxy) is 2. The average Bonchev–Trinajstić information content (AvgIpc) is 2.49. The van der Waals surface area contributed by atoms with Gasteiger partial charge in [-0.3, -0.25) is 0 Å². The van der Waals surface area contributed by atoms with Crippen LogP contribution in [-0.4, -0.2) is 18.6 Å². The molecule has 1 aromatic heterocycles. The van der Waals surface area contributed by atoms with Crippen LogP contribution < -0.4 is 10.1 Å². The van der Waals surface area contributed by atoms with Gasteiger partial charge in [0.15, 0.2) is 0 Å². The highest BCUT2D eigenvalue weighted by Gasteiger charge is 2.03. The van der Waals surface area contributed by atoms with Crippen molar-refractivity contribution < 1.29 is 9.47 Å². The highest BCUT2D eigenvalue weighted by atomic mass is 16.5. The molecule has 0 radical (unpaired) electrons. The van der Waals surface area contributed by atoms with E-state index in [-0.39, 0.29) is 0 Å². The van der Waals surface area contributed by atoms with Gasteiger partial charge < -0.3 is 14.8 Å². The number of hydrogen-bond donors (Lipinski definition) is 1. The molecule has 20 heavy (non-hydrogen) atoms. The van der Waals surface area contributed by atoms with Crippen molar-refractivity contribution in [3.63, 3.8) is 0 Å². The Morgan fingerprint density at radius 1 is 1.15 bits per heavy atom. The summed E-state index contributed by atoms with van der Waals surface area (Å²) in [5, 5.41) is 3.23. The second-order valence-electron chi connectivity index (χ2n) is 4.39. The first kappa shape index (κ1) is 14.3. The van der Waals surface area contributed by atoms with E-state index in [9.17, 15) is 0 Å². The Hall–Kier alpha value is -2.07. The van der Waals surface area contributed by atoms with Gasteiger partial charge in [-0.15, -0.1) is 0 Å². The monoisotopic (exact) mass is 272 g/mol. The molecule has 0 bridgehead atoms. The van der Waals surface area contributed by atoms with Gasteiger partial charge >= 0.3 is 0 Å². The Kier molecular flexibility index (Phi) is 5.38. The summed E-state index contributed by atoms with van der Waals surface area (Å²) in [5.74, 6) is 1.74. The number of nitrogens with one attached hydrogen (secondary N) is 1. The molecule has 1 N–H and O–H groups in total. The van der Waals surface area contributed by atoms with Crippen molar-refractivity contribution in [1.82, 2.24) is 4.98 Å². The third-order valence-electron chi connectivity index (χ3n) is 2.90. The van der Waals surface area contributed by atoms with Gasteiger partial charge in [0, 0.05) is 18.3 Å². The molecule has 0 fully saturated rings. The molecule has 1 heterocycles. The van der Waals surface area contributed by atoms with E-state index in [1.54, 1.807) is 13.3 Å². The molecule has 2 rings (SSSR count). The number of benzene rings is 1. The molecule has 0 amide bonds. The minimum absolute atomic E-state index is 0.535. The van der Waals surface area contributed by atoms with E-state index in [0.29, 0.717) is 13.2 Å². The van der Waals surface area contributed by atoms with E-state index >= 15 is 0 Å². The summed E-state index contributed by atoms with van der Waals surface area (Å²) in [4.78, 5) is 4.31. The van der Waals surface area contributed by atoms with Crippen LogP contribution in [0.3, 0.4) is 0 Å². The number of methoxy groups -OCH3 is 1. The van der Waals surface area contributed by atoms with E-state index < -0.39 is 0 Å². The molecule has 0 aliphatic carbocycles. The average molecular weight is 272 g/mol. The maximum absolute atomic E-state index is 5.76. The van der Waals surface area contributed by atoms with Crippen LogP contribution in [0.5, 0.6) is 5.75 Å². The Morgan fingerprint density at radius 3 is 2.85 bits per heavy atom. The van der Waals surface area contributed by atoms with Crippen LogP contribution >= 0.6 is 0 Å². The molecule has 1 aromatic carbocycles. The zero-order valence-electron chi connectivity index (χ0n) is 11.9. The van der Waals surface area contributed by atoms with Crippen LogP contribution in [0.25, 0.3) is 0 Å². The SMILES string of the molecule is CCNc1ncccc1COCc1cccc(OC)c1. The lowest BCUT2D eigenvalue weighted by Crippen LogP contribution is -2.04. The van der Waals surface area contributed by atoms with Crippen molar-refractivity contribution in [2.45, 2.75) is 20.1 Å². The fourth-order valence-electron chi connectivity index (χ4n) is 1.92. The second kappa shape index (κ2) is 7.50. The van der Waals surface area contributed by atoms with E-state index in [1.165, 1.54) is 0 Å².